The van der Waals surface area contributed by atoms with E-state index < -0.39 is 10.0 Å². The lowest BCUT2D eigenvalue weighted by atomic mass is 10.1. The molecule has 1 fully saturated rings. The molecule has 120 valence electrons. The van der Waals surface area contributed by atoms with Gasteiger partial charge in [0.05, 0.1) is 14.2 Å². The van der Waals surface area contributed by atoms with Crippen LogP contribution in [0.2, 0.25) is 0 Å². The molecule has 0 radical (unpaired) electrons. The second kappa shape index (κ2) is 7.31. The van der Waals surface area contributed by atoms with Gasteiger partial charge in [0.15, 0.2) is 0 Å². The maximum Gasteiger partial charge on any atom is 0.246 e. The minimum Gasteiger partial charge on any atom is -0.497 e. The summed E-state index contributed by atoms with van der Waals surface area (Å²) < 4.78 is 37.1. The van der Waals surface area contributed by atoms with Gasteiger partial charge in [-0.3, -0.25) is 0 Å². The third-order valence-corrected chi connectivity index (χ3v) is 5.30. The number of sulfonamides is 1. The quantitative estimate of drug-likeness (QED) is 0.894. The van der Waals surface area contributed by atoms with Crippen molar-refractivity contribution in [1.29, 1.82) is 0 Å². The minimum absolute atomic E-state index is 0. The van der Waals surface area contributed by atoms with E-state index in [9.17, 15) is 8.42 Å². The zero-order chi connectivity index (χ0) is 14.8. The fourth-order valence-corrected chi connectivity index (χ4v) is 4.02. The van der Waals surface area contributed by atoms with Gasteiger partial charge in [0.25, 0.3) is 0 Å². The lowest BCUT2D eigenvalue weighted by molar-refractivity contribution is 0.313. The third kappa shape index (κ3) is 3.79. The summed E-state index contributed by atoms with van der Waals surface area (Å²) in [5.41, 5.74) is 5.86. The highest BCUT2D eigenvalue weighted by Crippen LogP contribution is 2.31. The first-order chi connectivity index (χ1) is 9.48. The predicted octanol–water partition coefficient (Wildman–Crippen LogP) is 1.24. The fourth-order valence-electron chi connectivity index (χ4n) is 2.32. The lowest BCUT2D eigenvalue weighted by Gasteiger charge is -2.30. The number of benzene rings is 1. The molecule has 2 rings (SSSR count). The van der Waals surface area contributed by atoms with Crippen molar-refractivity contribution in [2.75, 3.05) is 27.3 Å². The van der Waals surface area contributed by atoms with Crippen LogP contribution in [0.3, 0.4) is 0 Å². The van der Waals surface area contributed by atoms with Crippen molar-refractivity contribution in [2.24, 2.45) is 5.73 Å². The number of nitrogens with zero attached hydrogens (tertiary/aromatic N) is 1. The van der Waals surface area contributed by atoms with Gasteiger partial charge in [0, 0.05) is 25.2 Å². The molecule has 1 saturated heterocycles. The van der Waals surface area contributed by atoms with Crippen LogP contribution in [0.4, 0.5) is 0 Å². The standard InChI is InChI=1S/C13H20N2O4S.ClH/c1-18-11-5-6-12(19-2)13(8-11)20(16,17)15-7-3-4-10(14)9-15;/h5-6,8,10H,3-4,7,9,14H2,1-2H3;1H. The number of methoxy groups -OCH3 is 2. The Balaban J connectivity index is 0.00000220. The highest BCUT2D eigenvalue weighted by molar-refractivity contribution is 7.89. The Labute approximate surface area is 131 Å². The van der Waals surface area contributed by atoms with Crippen LogP contribution in [0.25, 0.3) is 0 Å². The van der Waals surface area contributed by atoms with E-state index in [2.05, 4.69) is 0 Å². The summed E-state index contributed by atoms with van der Waals surface area (Å²) in [6.45, 7) is 0.819. The first kappa shape index (κ1) is 18.0. The number of ether oxygens (including phenoxy) is 2. The molecule has 0 saturated carbocycles. The number of hydrogen-bond donors (Lipinski definition) is 1. The third-order valence-electron chi connectivity index (χ3n) is 3.41. The van der Waals surface area contributed by atoms with Crippen molar-refractivity contribution in [3.05, 3.63) is 18.2 Å². The minimum atomic E-state index is -3.62. The lowest BCUT2D eigenvalue weighted by Crippen LogP contribution is -2.45. The SMILES string of the molecule is COc1ccc(OC)c(S(=O)(=O)N2CCCC(N)C2)c1.Cl. The molecule has 0 aliphatic carbocycles. The molecule has 1 unspecified atom stereocenters. The maximum atomic E-state index is 12.7. The Bertz CT molecular complexity index is 580. The monoisotopic (exact) mass is 336 g/mol. The Morgan fingerprint density at radius 2 is 2.00 bits per heavy atom. The number of rotatable bonds is 4. The summed E-state index contributed by atoms with van der Waals surface area (Å²) in [5, 5.41) is 0. The molecule has 0 bridgehead atoms. The van der Waals surface area contributed by atoms with Crippen LogP contribution in [0.5, 0.6) is 11.5 Å². The molecule has 0 spiro atoms. The van der Waals surface area contributed by atoms with Gasteiger partial charge in [0.1, 0.15) is 16.4 Å². The van der Waals surface area contributed by atoms with Crippen molar-refractivity contribution in [2.45, 2.75) is 23.8 Å². The molecule has 1 atom stereocenters. The second-order valence-electron chi connectivity index (χ2n) is 4.78. The topological polar surface area (TPSA) is 81.9 Å². The summed E-state index contributed by atoms with van der Waals surface area (Å²) in [4.78, 5) is 0.119. The summed E-state index contributed by atoms with van der Waals surface area (Å²) >= 11 is 0. The Morgan fingerprint density at radius 1 is 1.29 bits per heavy atom. The molecule has 6 nitrogen and oxygen atoms in total. The van der Waals surface area contributed by atoms with Crippen molar-refractivity contribution in [1.82, 2.24) is 4.31 Å². The fraction of sp³-hybridized carbons (Fsp3) is 0.538. The van der Waals surface area contributed by atoms with E-state index in [0.29, 0.717) is 24.6 Å². The Morgan fingerprint density at radius 3 is 2.57 bits per heavy atom. The molecule has 1 aliphatic rings. The predicted molar refractivity (Wildman–Crippen MR) is 82.8 cm³/mol. The average Bonchev–Trinajstić information content (AvgIpc) is 2.46. The van der Waals surface area contributed by atoms with E-state index in [1.807, 2.05) is 0 Å². The van der Waals surface area contributed by atoms with Gasteiger partial charge < -0.3 is 15.2 Å². The van der Waals surface area contributed by atoms with E-state index in [0.717, 1.165) is 12.8 Å². The molecule has 1 aromatic carbocycles. The van der Waals surface area contributed by atoms with Crippen LogP contribution in [0, 0.1) is 0 Å². The molecule has 8 heteroatoms. The zero-order valence-electron chi connectivity index (χ0n) is 12.1. The Kier molecular flexibility index (Phi) is 6.27. The van der Waals surface area contributed by atoms with Crippen molar-refractivity contribution >= 4 is 22.4 Å². The number of halogens is 1. The van der Waals surface area contributed by atoms with Gasteiger partial charge in [-0.15, -0.1) is 12.4 Å². The first-order valence-corrected chi connectivity index (χ1v) is 7.91. The normalized spacial score (nSPS) is 19.7. The maximum absolute atomic E-state index is 12.7. The number of nitrogens with two attached hydrogens (primary N) is 1. The van der Waals surface area contributed by atoms with Crippen molar-refractivity contribution in [3.8, 4) is 11.5 Å². The summed E-state index contributed by atoms with van der Waals surface area (Å²) in [6.07, 6.45) is 1.62. The van der Waals surface area contributed by atoms with Crippen LogP contribution in [0.1, 0.15) is 12.8 Å². The molecule has 0 amide bonds. The first-order valence-electron chi connectivity index (χ1n) is 6.47. The molecule has 2 N–H and O–H groups in total. The van der Waals surface area contributed by atoms with Crippen LogP contribution in [-0.4, -0.2) is 46.1 Å². The number of piperidine rings is 1. The molecular weight excluding hydrogens is 316 g/mol. The van der Waals surface area contributed by atoms with E-state index in [1.165, 1.54) is 24.6 Å². The molecule has 1 aromatic rings. The summed E-state index contributed by atoms with van der Waals surface area (Å²) in [7, 11) is -0.680. The number of hydrogen-bond acceptors (Lipinski definition) is 5. The van der Waals surface area contributed by atoms with Gasteiger partial charge >= 0.3 is 0 Å². The molecule has 1 aliphatic heterocycles. The van der Waals surface area contributed by atoms with Crippen molar-refractivity contribution < 1.29 is 17.9 Å². The second-order valence-corrected chi connectivity index (χ2v) is 6.69. The summed E-state index contributed by atoms with van der Waals surface area (Å²) in [6, 6.07) is 4.62. The van der Waals surface area contributed by atoms with Crippen LogP contribution >= 0.6 is 12.4 Å². The Hall–Kier alpha value is -1.02. The van der Waals surface area contributed by atoms with Gasteiger partial charge in [-0.1, -0.05) is 0 Å². The summed E-state index contributed by atoms with van der Waals surface area (Å²) in [5.74, 6) is 0.788. The van der Waals surface area contributed by atoms with E-state index in [-0.39, 0.29) is 23.3 Å². The molecule has 0 aromatic heterocycles. The smallest absolute Gasteiger partial charge is 0.246 e. The van der Waals surface area contributed by atoms with Gasteiger partial charge in [-0.2, -0.15) is 4.31 Å². The van der Waals surface area contributed by atoms with E-state index in [1.54, 1.807) is 12.1 Å². The molecule has 21 heavy (non-hydrogen) atoms. The van der Waals surface area contributed by atoms with Gasteiger partial charge in [-0.25, -0.2) is 8.42 Å². The average molecular weight is 337 g/mol. The van der Waals surface area contributed by atoms with Crippen molar-refractivity contribution in [3.63, 3.8) is 0 Å². The van der Waals surface area contributed by atoms with E-state index >= 15 is 0 Å². The van der Waals surface area contributed by atoms with Crippen LogP contribution < -0.4 is 15.2 Å². The van der Waals surface area contributed by atoms with Crippen LogP contribution in [-0.2, 0) is 10.0 Å². The van der Waals surface area contributed by atoms with Gasteiger partial charge in [-0.05, 0) is 25.0 Å². The zero-order valence-corrected chi connectivity index (χ0v) is 13.7. The molecular formula is C13H21ClN2O4S. The van der Waals surface area contributed by atoms with E-state index in [4.69, 9.17) is 15.2 Å². The highest BCUT2D eigenvalue weighted by atomic mass is 35.5. The van der Waals surface area contributed by atoms with Gasteiger partial charge in [0.2, 0.25) is 10.0 Å². The highest BCUT2D eigenvalue weighted by Gasteiger charge is 2.31. The molecule has 1 heterocycles. The largest absolute Gasteiger partial charge is 0.497 e. The van der Waals surface area contributed by atoms with Crippen LogP contribution in [0.15, 0.2) is 23.1 Å².